The molecule has 0 unspecified atom stereocenters. The Hall–Kier alpha value is -1.42. The number of hydrogen-bond donors (Lipinski definition) is 1. The Morgan fingerprint density at radius 3 is 2.63 bits per heavy atom. The molecule has 1 N–H and O–H groups in total. The van der Waals surface area contributed by atoms with Gasteiger partial charge in [-0.05, 0) is 37.0 Å². The number of benzene rings is 1. The number of ether oxygens (including phenoxy) is 2. The number of carboxylic acids is 1. The number of carbonyl (C=O) groups is 1. The van der Waals surface area contributed by atoms with E-state index in [1.807, 2.05) is 6.92 Å². The first-order valence-corrected chi connectivity index (χ1v) is 6.76. The molecular formula is C14H15ClO4. The molecule has 5 heteroatoms. The van der Waals surface area contributed by atoms with Gasteiger partial charge in [0.15, 0.2) is 11.5 Å². The summed E-state index contributed by atoms with van der Waals surface area (Å²) >= 11 is 6.31. The highest BCUT2D eigenvalue weighted by Gasteiger charge is 2.47. The van der Waals surface area contributed by atoms with E-state index in [-0.39, 0.29) is 0 Å². The quantitative estimate of drug-likeness (QED) is 0.906. The van der Waals surface area contributed by atoms with Gasteiger partial charge in [0.1, 0.15) is 13.2 Å². The third-order valence-electron chi connectivity index (χ3n) is 4.15. The average Bonchev–Trinajstić information content (AvgIpc) is 2.33. The minimum atomic E-state index is -0.802. The van der Waals surface area contributed by atoms with Gasteiger partial charge in [-0.1, -0.05) is 18.0 Å². The molecule has 0 aromatic heterocycles. The van der Waals surface area contributed by atoms with E-state index in [0.717, 1.165) is 17.5 Å². The predicted molar refractivity (Wildman–Crippen MR) is 70.3 cm³/mol. The van der Waals surface area contributed by atoms with Gasteiger partial charge >= 0.3 is 5.97 Å². The lowest BCUT2D eigenvalue weighted by molar-refractivity contribution is -0.147. The van der Waals surface area contributed by atoms with E-state index in [4.69, 9.17) is 21.1 Å². The SMILES string of the molecule is Cc1c(C2(C(=O)O)CCC2)cc2c(c1Cl)OCCO2. The molecule has 102 valence electrons. The Labute approximate surface area is 116 Å². The van der Waals surface area contributed by atoms with E-state index in [0.29, 0.717) is 42.6 Å². The van der Waals surface area contributed by atoms with Gasteiger partial charge in [-0.3, -0.25) is 4.79 Å². The Morgan fingerprint density at radius 2 is 2.05 bits per heavy atom. The van der Waals surface area contributed by atoms with Crippen LogP contribution in [0.25, 0.3) is 0 Å². The smallest absolute Gasteiger partial charge is 0.314 e. The zero-order valence-electron chi connectivity index (χ0n) is 10.7. The maximum Gasteiger partial charge on any atom is 0.314 e. The topological polar surface area (TPSA) is 55.8 Å². The summed E-state index contributed by atoms with van der Waals surface area (Å²) in [7, 11) is 0. The summed E-state index contributed by atoms with van der Waals surface area (Å²) in [5.74, 6) is 0.313. The minimum Gasteiger partial charge on any atom is -0.486 e. The van der Waals surface area contributed by atoms with Crippen LogP contribution in [0.15, 0.2) is 6.07 Å². The van der Waals surface area contributed by atoms with Crippen molar-refractivity contribution in [1.29, 1.82) is 0 Å². The second kappa shape index (κ2) is 4.30. The first-order valence-electron chi connectivity index (χ1n) is 6.39. The summed E-state index contributed by atoms with van der Waals surface area (Å²) < 4.78 is 11.1. The molecule has 1 aliphatic heterocycles. The molecule has 0 radical (unpaired) electrons. The van der Waals surface area contributed by atoms with Crippen LogP contribution in [-0.2, 0) is 10.2 Å². The standard InChI is InChI=1S/C14H15ClO4/c1-8-9(14(13(16)17)3-2-4-14)7-10-12(11(8)15)19-6-5-18-10/h7H,2-6H2,1H3,(H,16,17). The maximum atomic E-state index is 11.6. The van der Waals surface area contributed by atoms with Crippen LogP contribution in [0, 0.1) is 6.92 Å². The Morgan fingerprint density at radius 1 is 1.37 bits per heavy atom. The molecule has 3 rings (SSSR count). The lowest BCUT2D eigenvalue weighted by Crippen LogP contribution is -2.43. The van der Waals surface area contributed by atoms with Gasteiger partial charge in [-0.25, -0.2) is 0 Å². The zero-order valence-corrected chi connectivity index (χ0v) is 11.4. The van der Waals surface area contributed by atoms with Gasteiger partial charge in [0, 0.05) is 0 Å². The van der Waals surface area contributed by atoms with Crippen LogP contribution in [0.2, 0.25) is 5.02 Å². The van der Waals surface area contributed by atoms with E-state index < -0.39 is 11.4 Å². The van der Waals surface area contributed by atoms with Crippen molar-refractivity contribution in [2.24, 2.45) is 0 Å². The molecule has 0 spiro atoms. The van der Waals surface area contributed by atoms with Crippen LogP contribution in [0.5, 0.6) is 11.5 Å². The molecule has 2 aliphatic rings. The van der Waals surface area contributed by atoms with Crippen molar-refractivity contribution >= 4 is 17.6 Å². The molecule has 1 aliphatic carbocycles. The first-order chi connectivity index (χ1) is 9.06. The van der Waals surface area contributed by atoms with Crippen molar-refractivity contribution < 1.29 is 19.4 Å². The summed E-state index contributed by atoms with van der Waals surface area (Å²) in [6, 6.07) is 1.79. The number of carboxylic acid groups (broad SMARTS) is 1. The monoisotopic (exact) mass is 282 g/mol. The maximum absolute atomic E-state index is 11.6. The molecule has 1 heterocycles. The highest BCUT2D eigenvalue weighted by Crippen LogP contribution is 2.50. The molecule has 1 saturated carbocycles. The van der Waals surface area contributed by atoms with Crippen molar-refractivity contribution in [3.63, 3.8) is 0 Å². The second-order valence-electron chi connectivity index (χ2n) is 5.13. The number of fused-ring (bicyclic) bond motifs is 1. The van der Waals surface area contributed by atoms with Crippen LogP contribution < -0.4 is 9.47 Å². The lowest BCUT2D eigenvalue weighted by Gasteiger charge is -2.40. The summed E-state index contributed by atoms with van der Waals surface area (Å²) in [6.07, 6.45) is 2.23. The molecule has 4 nitrogen and oxygen atoms in total. The van der Waals surface area contributed by atoms with Crippen molar-refractivity contribution in [2.75, 3.05) is 13.2 Å². The number of hydrogen-bond acceptors (Lipinski definition) is 3. The van der Waals surface area contributed by atoms with Crippen molar-refractivity contribution in [2.45, 2.75) is 31.6 Å². The first kappa shape index (κ1) is 12.6. The molecular weight excluding hydrogens is 268 g/mol. The highest BCUT2D eigenvalue weighted by molar-refractivity contribution is 6.33. The average molecular weight is 283 g/mol. The van der Waals surface area contributed by atoms with Crippen LogP contribution in [0.3, 0.4) is 0 Å². The van der Waals surface area contributed by atoms with Crippen LogP contribution >= 0.6 is 11.6 Å². The third kappa shape index (κ3) is 1.70. The summed E-state index contributed by atoms with van der Waals surface area (Å²) in [6.45, 7) is 2.78. The molecule has 1 aromatic carbocycles. The van der Waals surface area contributed by atoms with Gasteiger partial charge in [0.2, 0.25) is 0 Å². The van der Waals surface area contributed by atoms with E-state index in [9.17, 15) is 9.90 Å². The number of aliphatic carboxylic acids is 1. The van der Waals surface area contributed by atoms with Gasteiger partial charge in [-0.2, -0.15) is 0 Å². The fourth-order valence-electron chi connectivity index (χ4n) is 2.86. The molecule has 1 aromatic rings. The van der Waals surface area contributed by atoms with Crippen LogP contribution in [-0.4, -0.2) is 24.3 Å². The highest BCUT2D eigenvalue weighted by atomic mass is 35.5. The summed E-state index contributed by atoms with van der Waals surface area (Å²) in [5.41, 5.74) is 0.748. The van der Waals surface area contributed by atoms with E-state index >= 15 is 0 Å². The minimum absolute atomic E-state index is 0.464. The third-order valence-corrected chi connectivity index (χ3v) is 4.61. The molecule has 0 atom stereocenters. The Balaban J connectivity index is 2.17. The summed E-state index contributed by atoms with van der Waals surface area (Å²) in [4.78, 5) is 11.6. The van der Waals surface area contributed by atoms with E-state index in [1.54, 1.807) is 6.07 Å². The normalized spacial score (nSPS) is 19.7. The fourth-order valence-corrected chi connectivity index (χ4v) is 3.11. The summed E-state index contributed by atoms with van der Waals surface area (Å²) in [5, 5.41) is 10.0. The molecule has 19 heavy (non-hydrogen) atoms. The zero-order chi connectivity index (χ0) is 13.6. The predicted octanol–water partition coefficient (Wildman–Crippen LogP) is 2.93. The van der Waals surface area contributed by atoms with Crippen LogP contribution in [0.1, 0.15) is 30.4 Å². The molecule has 0 saturated heterocycles. The van der Waals surface area contributed by atoms with Gasteiger partial charge in [0.05, 0.1) is 10.4 Å². The number of rotatable bonds is 2. The van der Waals surface area contributed by atoms with Crippen molar-refractivity contribution in [3.8, 4) is 11.5 Å². The van der Waals surface area contributed by atoms with Crippen molar-refractivity contribution in [1.82, 2.24) is 0 Å². The lowest BCUT2D eigenvalue weighted by atomic mass is 9.63. The second-order valence-corrected chi connectivity index (χ2v) is 5.51. The molecule has 0 amide bonds. The van der Waals surface area contributed by atoms with Gasteiger partial charge < -0.3 is 14.6 Å². The van der Waals surface area contributed by atoms with E-state index in [2.05, 4.69) is 0 Å². The van der Waals surface area contributed by atoms with Gasteiger partial charge in [-0.15, -0.1) is 0 Å². The number of halogens is 1. The molecule has 1 fully saturated rings. The Kier molecular flexibility index (Phi) is 2.86. The largest absolute Gasteiger partial charge is 0.486 e. The van der Waals surface area contributed by atoms with Crippen molar-refractivity contribution in [3.05, 3.63) is 22.2 Å². The molecule has 0 bridgehead atoms. The van der Waals surface area contributed by atoms with Gasteiger partial charge in [0.25, 0.3) is 0 Å². The van der Waals surface area contributed by atoms with E-state index in [1.165, 1.54) is 0 Å². The Bertz CT molecular complexity index is 549. The van der Waals surface area contributed by atoms with Crippen LogP contribution in [0.4, 0.5) is 0 Å². The fraction of sp³-hybridized carbons (Fsp3) is 0.500.